The quantitative estimate of drug-likeness (QED) is 0.649. The van der Waals surface area contributed by atoms with Crippen molar-refractivity contribution >= 4 is 5.91 Å². The maximum Gasteiger partial charge on any atom is 0.220 e. The van der Waals surface area contributed by atoms with E-state index in [4.69, 9.17) is 9.47 Å². The van der Waals surface area contributed by atoms with Crippen molar-refractivity contribution in [3.05, 3.63) is 41.2 Å². The fourth-order valence-electron chi connectivity index (χ4n) is 2.98. The molecule has 6 nitrogen and oxygen atoms in total. The molecule has 0 aliphatic heterocycles. The molecule has 1 amide bonds. The molecule has 1 heterocycles. The number of aromatic nitrogens is 2. The van der Waals surface area contributed by atoms with E-state index in [0.717, 1.165) is 29.4 Å². The highest BCUT2D eigenvalue weighted by Gasteiger charge is 2.13. The second kappa shape index (κ2) is 10.00. The predicted octanol–water partition coefficient (Wildman–Crippen LogP) is 3.29. The maximum absolute atomic E-state index is 12.1. The standard InChI is InChI=1S/C21H31N3O3/c1-15(2)14-24-17(4)20(16(3)23-24)10-11-21(25)22-12-13-27-19-8-6-18(26-5)7-9-19/h6-9,15H,10-14H2,1-5H3,(H,22,25). The van der Waals surface area contributed by atoms with Crippen molar-refractivity contribution in [3.63, 3.8) is 0 Å². The number of nitrogens with one attached hydrogen (secondary N) is 1. The van der Waals surface area contributed by atoms with E-state index in [1.165, 1.54) is 5.56 Å². The van der Waals surface area contributed by atoms with Crippen LogP contribution in [0, 0.1) is 19.8 Å². The molecule has 2 aromatic rings. The van der Waals surface area contributed by atoms with E-state index in [9.17, 15) is 4.79 Å². The molecule has 0 aliphatic rings. The summed E-state index contributed by atoms with van der Waals surface area (Å²) in [5, 5.41) is 7.51. The molecule has 0 saturated heterocycles. The van der Waals surface area contributed by atoms with Crippen molar-refractivity contribution in [2.75, 3.05) is 20.3 Å². The van der Waals surface area contributed by atoms with Gasteiger partial charge in [0.1, 0.15) is 18.1 Å². The van der Waals surface area contributed by atoms with Crippen LogP contribution in [-0.2, 0) is 17.8 Å². The molecular formula is C21H31N3O3. The third-order valence-electron chi connectivity index (χ3n) is 4.42. The summed E-state index contributed by atoms with van der Waals surface area (Å²) in [4.78, 5) is 12.1. The van der Waals surface area contributed by atoms with Crippen LogP contribution in [-0.4, -0.2) is 35.9 Å². The SMILES string of the molecule is COc1ccc(OCCNC(=O)CCc2c(C)nn(CC(C)C)c2C)cc1. The van der Waals surface area contributed by atoms with Crippen molar-refractivity contribution in [1.29, 1.82) is 0 Å². The number of methoxy groups -OCH3 is 1. The van der Waals surface area contributed by atoms with Gasteiger partial charge in [-0.15, -0.1) is 0 Å². The van der Waals surface area contributed by atoms with Crippen LogP contribution in [0.3, 0.4) is 0 Å². The lowest BCUT2D eigenvalue weighted by molar-refractivity contribution is -0.121. The first-order valence-electron chi connectivity index (χ1n) is 9.47. The Morgan fingerprint density at radius 2 is 1.85 bits per heavy atom. The van der Waals surface area contributed by atoms with E-state index >= 15 is 0 Å². The van der Waals surface area contributed by atoms with Gasteiger partial charge in [-0.1, -0.05) is 13.8 Å². The third-order valence-corrected chi connectivity index (χ3v) is 4.42. The van der Waals surface area contributed by atoms with Crippen LogP contribution in [0.25, 0.3) is 0 Å². The van der Waals surface area contributed by atoms with Crippen LogP contribution in [0.5, 0.6) is 11.5 Å². The van der Waals surface area contributed by atoms with Crippen LogP contribution in [0.1, 0.15) is 37.2 Å². The largest absolute Gasteiger partial charge is 0.497 e. The lowest BCUT2D eigenvalue weighted by Gasteiger charge is -2.09. The van der Waals surface area contributed by atoms with Gasteiger partial charge in [-0.05, 0) is 56.0 Å². The summed E-state index contributed by atoms with van der Waals surface area (Å²) in [7, 11) is 1.63. The number of rotatable bonds is 10. The summed E-state index contributed by atoms with van der Waals surface area (Å²) in [6.07, 6.45) is 1.17. The minimum absolute atomic E-state index is 0.0312. The van der Waals surface area contributed by atoms with Gasteiger partial charge in [-0.2, -0.15) is 5.10 Å². The molecule has 0 atom stereocenters. The first kappa shape index (κ1) is 20.8. The number of carbonyl (C=O) groups is 1. The highest BCUT2D eigenvalue weighted by molar-refractivity contribution is 5.76. The van der Waals surface area contributed by atoms with Crippen LogP contribution in [0.2, 0.25) is 0 Å². The zero-order valence-corrected chi connectivity index (χ0v) is 17.0. The van der Waals surface area contributed by atoms with Crippen molar-refractivity contribution in [1.82, 2.24) is 15.1 Å². The molecule has 0 aliphatic carbocycles. The Labute approximate surface area is 161 Å². The van der Waals surface area contributed by atoms with Crippen molar-refractivity contribution in [2.24, 2.45) is 5.92 Å². The molecule has 0 spiro atoms. The maximum atomic E-state index is 12.1. The number of nitrogens with zero attached hydrogens (tertiary/aromatic N) is 2. The van der Waals surface area contributed by atoms with E-state index < -0.39 is 0 Å². The number of amides is 1. The average molecular weight is 373 g/mol. The molecule has 1 aromatic heterocycles. The van der Waals surface area contributed by atoms with Gasteiger partial charge >= 0.3 is 0 Å². The van der Waals surface area contributed by atoms with E-state index in [-0.39, 0.29) is 5.91 Å². The molecule has 148 valence electrons. The highest BCUT2D eigenvalue weighted by Crippen LogP contribution is 2.17. The number of hydrogen-bond acceptors (Lipinski definition) is 4. The minimum Gasteiger partial charge on any atom is -0.497 e. The molecule has 1 N–H and O–H groups in total. The van der Waals surface area contributed by atoms with Gasteiger partial charge in [0.05, 0.1) is 19.3 Å². The molecule has 6 heteroatoms. The lowest BCUT2D eigenvalue weighted by Crippen LogP contribution is -2.28. The minimum atomic E-state index is 0.0312. The lowest BCUT2D eigenvalue weighted by atomic mass is 10.1. The Bertz CT molecular complexity index is 736. The normalized spacial score (nSPS) is 10.9. The average Bonchev–Trinajstić information content (AvgIpc) is 2.90. The van der Waals surface area contributed by atoms with Crippen molar-refractivity contribution in [3.8, 4) is 11.5 Å². The van der Waals surface area contributed by atoms with Gasteiger partial charge in [-0.3, -0.25) is 9.48 Å². The van der Waals surface area contributed by atoms with Crippen molar-refractivity contribution < 1.29 is 14.3 Å². The Balaban J connectivity index is 1.72. The molecule has 0 fully saturated rings. The van der Waals surface area contributed by atoms with Crippen LogP contribution < -0.4 is 14.8 Å². The second-order valence-corrected chi connectivity index (χ2v) is 7.10. The van der Waals surface area contributed by atoms with Gasteiger partial charge < -0.3 is 14.8 Å². The number of benzene rings is 1. The Hall–Kier alpha value is -2.50. The van der Waals surface area contributed by atoms with Crippen molar-refractivity contribution in [2.45, 2.75) is 47.1 Å². The second-order valence-electron chi connectivity index (χ2n) is 7.10. The smallest absolute Gasteiger partial charge is 0.220 e. The van der Waals surface area contributed by atoms with Gasteiger partial charge in [0.2, 0.25) is 5.91 Å². The molecule has 0 unspecified atom stereocenters. The zero-order chi connectivity index (χ0) is 19.8. The van der Waals surface area contributed by atoms with Gasteiger partial charge in [-0.25, -0.2) is 0 Å². The summed E-state index contributed by atoms with van der Waals surface area (Å²) in [6, 6.07) is 7.39. The molecule has 0 bridgehead atoms. The molecule has 0 radical (unpaired) electrons. The van der Waals surface area contributed by atoms with Crippen LogP contribution >= 0.6 is 0 Å². The first-order valence-corrected chi connectivity index (χ1v) is 9.47. The number of carbonyl (C=O) groups excluding carboxylic acids is 1. The van der Waals surface area contributed by atoms with Gasteiger partial charge in [0.15, 0.2) is 0 Å². The first-order chi connectivity index (χ1) is 12.9. The van der Waals surface area contributed by atoms with Crippen LogP contribution in [0.15, 0.2) is 24.3 Å². The number of ether oxygens (including phenoxy) is 2. The monoisotopic (exact) mass is 373 g/mol. The summed E-state index contributed by atoms with van der Waals surface area (Å²) >= 11 is 0. The van der Waals surface area contributed by atoms with E-state index in [1.807, 2.05) is 31.2 Å². The molecule has 27 heavy (non-hydrogen) atoms. The van der Waals surface area contributed by atoms with E-state index in [1.54, 1.807) is 7.11 Å². The van der Waals surface area contributed by atoms with Gasteiger partial charge in [0.25, 0.3) is 0 Å². The third kappa shape index (κ3) is 6.31. The predicted molar refractivity (Wildman–Crippen MR) is 106 cm³/mol. The zero-order valence-electron chi connectivity index (χ0n) is 17.0. The summed E-state index contributed by atoms with van der Waals surface area (Å²) in [5.41, 5.74) is 3.36. The Morgan fingerprint density at radius 3 is 2.48 bits per heavy atom. The highest BCUT2D eigenvalue weighted by atomic mass is 16.5. The van der Waals surface area contributed by atoms with Gasteiger partial charge in [0, 0.05) is 18.7 Å². The molecule has 1 aromatic carbocycles. The molecular weight excluding hydrogens is 342 g/mol. The van der Waals surface area contributed by atoms with E-state index in [0.29, 0.717) is 31.9 Å². The fourth-order valence-corrected chi connectivity index (χ4v) is 2.98. The van der Waals surface area contributed by atoms with Crippen LogP contribution in [0.4, 0.5) is 0 Å². The summed E-state index contributed by atoms with van der Waals surface area (Å²) < 4.78 is 12.8. The number of aryl methyl sites for hydroxylation is 1. The fraction of sp³-hybridized carbons (Fsp3) is 0.524. The molecule has 0 saturated carbocycles. The summed E-state index contributed by atoms with van der Waals surface area (Å²) in [6.45, 7) is 10.3. The number of hydrogen-bond donors (Lipinski definition) is 1. The summed E-state index contributed by atoms with van der Waals surface area (Å²) in [5.74, 6) is 2.13. The van der Waals surface area contributed by atoms with E-state index in [2.05, 4.69) is 35.9 Å². The topological polar surface area (TPSA) is 65.4 Å². The Morgan fingerprint density at radius 1 is 1.19 bits per heavy atom. The Kier molecular flexibility index (Phi) is 7.70. The molecule has 2 rings (SSSR count).